The van der Waals surface area contributed by atoms with Gasteiger partial charge in [0.1, 0.15) is 5.56 Å². The van der Waals surface area contributed by atoms with Crippen LogP contribution >= 0.6 is 0 Å². The van der Waals surface area contributed by atoms with E-state index in [1.54, 1.807) is 0 Å². The predicted octanol–water partition coefficient (Wildman–Crippen LogP) is 1.40. The summed E-state index contributed by atoms with van der Waals surface area (Å²) in [5, 5.41) is 11.5. The van der Waals surface area contributed by atoms with E-state index in [1.807, 2.05) is 19.1 Å². The first kappa shape index (κ1) is 22.0. The monoisotopic (exact) mass is 440 g/mol. The summed E-state index contributed by atoms with van der Waals surface area (Å²) in [6.07, 6.45) is 3.18. The number of amides is 2. The second-order valence-electron chi connectivity index (χ2n) is 8.14. The van der Waals surface area contributed by atoms with Gasteiger partial charge in [-0.05, 0) is 36.0 Å². The highest BCUT2D eigenvalue weighted by molar-refractivity contribution is 5.99. The molecule has 170 valence electrons. The topological polar surface area (TPSA) is 118 Å². The summed E-state index contributed by atoms with van der Waals surface area (Å²) in [4.78, 5) is 40.1. The molecule has 1 fully saturated rings. The lowest BCUT2D eigenvalue weighted by Crippen LogP contribution is -2.53. The molecule has 2 aliphatic heterocycles. The van der Waals surface area contributed by atoms with Crippen LogP contribution in [0, 0.1) is 0 Å². The molecule has 4 rings (SSSR count). The van der Waals surface area contributed by atoms with E-state index in [0.29, 0.717) is 19.6 Å². The Morgan fingerprint density at radius 2 is 2.03 bits per heavy atom. The van der Waals surface area contributed by atoms with Gasteiger partial charge in [0, 0.05) is 12.7 Å². The predicted molar refractivity (Wildman–Crippen MR) is 117 cm³/mol. The summed E-state index contributed by atoms with van der Waals surface area (Å²) < 4.78 is 7.07. The van der Waals surface area contributed by atoms with Crippen LogP contribution in [0.5, 0.6) is 5.75 Å². The number of hydrogen-bond acceptors (Lipinski definition) is 6. The number of hydrogen-bond donors (Lipinski definition) is 2. The number of nitrogens with two attached hydrogens (primary N) is 1. The Morgan fingerprint density at radius 1 is 1.25 bits per heavy atom. The molecule has 0 spiro atoms. The Hall–Kier alpha value is -3.17. The summed E-state index contributed by atoms with van der Waals surface area (Å²) in [5.41, 5.74) is 1.86. The number of aromatic hydroxyl groups is 1. The highest BCUT2D eigenvalue weighted by Gasteiger charge is 2.38. The first-order valence-electron chi connectivity index (χ1n) is 10.9. The largest absolute Gasteiger partial charge is 0.503 e. The van der Waals surface area contributed by atoms with Gasteiger partial charge in [0.05, 0.1) is 19.7 Å². The van der Waals surface area contributed by atoms with Gasteiger partial charge in [-0.3, -0.25) is 19.4 Å². The Bertz CT molecular complexity index is 1130. The second-order valence-corrected chi connectivity index (χ2v) is 8.14. The standard InChI is InChI=1S/C23H28N4O5/c1-3-14-6-7-16(15(4-2)10-14)11-27(24)22(30)17-12-25-13-18-26(8-5-9-32-18)23(31)19(25)21(29)20(17)28/h6-7,10,12,18,29H,3-5,8-9,11,13,24H2,1-2H3. The van der Waals surface area contributed by atoms with Crippen LogP contribution in [-0.2, 0) is 30.7 Å². The first-order valence-corrected chi connectivity index (χ1v) is 10.9. The van der Waals surface area contributed by atoms with Crippen molar-refractivity contribution < 1.29 is 19.4 Å². The van der Waals surface area contributed by atoms with Gasteiger partial charge in [-0.2, -0.15) is 0 Å². The van der Waals surface area contributed by atoms with Crippen molar-refractivity contribution in [3.63, 3.8) is 0 Å². The molecule has 1 atom stereocenters. The van der Waals surface area contributed by atoms with Crippen molar-refractivity contribution in [2.24, 2.45) is 5.84 Å². The third-order valence-corrected chi connectivity index (χ3v) is 6.17. The number of rotatable bonds is 5. The van der Waals surface area contributed by atoms with Gasteiger partial charge in [-0.15, -0.1) is 0 Å². The van der Waals surface area contributed by atoms with Crippen molar-refractivity contribution >= 4 is 11.8 Å². The van der Waals surface area contributed by atoms with Gasteiger partial charge in [0.25, 0.3) is 11.8 Å². The van der Waals surface area contributed by atoms with Crippen molar-refractivity contribution in [3.05, 3.63) is 62.6 Å². The molecule has 2 amide bonds. The SMILES string of the molecule is CCc1ccc(CN(N)C(=O)c2cn3c(c(O)c2=O)C(=O)N2CCCOC2C3)c(CC)c1. The molecule has 3 heterocycles. The molecule has 32 heavy (non-hydrogen) atoms. The minimum atomic E-state index is -0.904. The first-order chi connectivity index (χ1) is 15.3. The zero-order valence-electron chi connectivity index (χ0n) is 18.3. The van der Waals surface area contributed by atoms with E-state index < -0.39 is 29.2 Å². The number of pyridine rings is 1. The molecule has 2 aromatic rings. The lowest BCUT2D eigenvalue weighted by Gasteiger charge is -2.40. The highest BCUT2D eigenvalue weighted by atomic mass is 16.5. The minimum absolute atomic E-state index is 0.117. The van der Waals surface area contributed by atoms with Crippen molar-refractivity contribution in [2.75, 3.05) is 13.2 Å². The van der Waals surface area contributed by atoms with Gasteiger partial charge in [0.15, 0.2) is 17.7 Å². The van der Waals surface area contributed by atoms with Crippen LogP contribution in [0.3, 0.4) is 0 Å². The van der Waals surface area contributed by atoms with E-state index in [2.05, 4.69) is 13.0 Å². The van der Waals surface area contributed by atoms with Crippen LogP contribution in [0.25, 0.3) is 0 Å². The van der Waals surface area contributed by atoms with Gasteiger partial charge in [-0.1, -0.05) is 32.0 Å². The van der Waals surface area contributed by atoms with E-state index >= 15 is 0 Å². The Labute approximate surface area is 186 Å². The van der Waals surface area contributed by atoms with Crippen LogP contribution in [-0.4, -0.2) is 50.8 Å². The fourth-order valence-electron chi connectivity index (χ4n) is 4.34. The molecular formula is C23H28N4O5. The fraction of sp³-hybridized carbons (Fsp3) is 0.435. The molecule has 0 bridgehead atoms. The molecule has 3 N–H and O–H groups in total. The van der Waals surface area contributed by atoms with Gasteiger partial charge >= 0.3 is 0 Å². The quantitative estimate of drug-likeness (QED) is 0.412. The zero-order chi connectivity index (χ0) is 23.0. The third-order valence-electron chi connectivity index (χ3n) is 6.17. The molecule has 1 saturated heterocycles. The molecule has 2 aliphatic rings. The Balaban J connectivity index is 1.64. The lowest BCUT2D eigenvalue weighted by molar-refractivity contribution is -0.0920. The van der Waals surface area contributed by atoms with Gasteiger partial charge < -0.3 is 19.3 Å². The van der Waals surface area contributed by atoms with E-state index in [0.717, 1.165) is 29.0 Å². The molecule has 0 saturated carbocycles. The van der Waals surface area contributed by atoms with Crippen LogP contribution in [0.4, 0.5) is 0 Å². The molecule has 1 aromatic heterocycles. The molecular weight excluding hydrogens is 412 g/mol. The van der Waals surface area contributed by atoms with Crippen LogP contribution in [0.15, 0.2) is 29.2 Å². The summed E-state index contributed by atoms with van der Waals surface area (Å²) in [5.74, 6) is 4.12. The average Bonchev–Trinajstić information content (AvgIpc) is 2.81. The third kappa shape index (κ3) is 3.78. The summed E-state index contributed by atoms with van der Waals surface area (Å²) in [6.45, 7) is 5.46. The number of hydrazine groups is 1. The van der Waals surface area contributed by atoms with E-state index in [1.165, 1.54) is 21.2 Å². The van der Waals surface area contributed by atoms with Crippen molar-refractivity contribution in [1.82, 2.24) is 14.5 Å². The minimum Gasteiger partial charge on any atom is -0.503 e. The number of aryl methyl sites for hydroxylation is 2. The van der Waals surface area contributed by atoms with Crippen molar-refractivity contribution in [1.29, 1.82) is 0 Å². The highest BCUT2D eigenvalue weighted by Crippen LogP contribution is 2.26. The van der Waals surface area contributed by atoms with E-state index in [-0.39, 0.29) is 24.3 Å². The van der Waals surface area contributed by atoms with Crippen LogP contribution < -0.4 is 11.3 Å². The smallest absolute Gasteiger partial charge is 0.276 e. The number of fused-ring (bicyclic) bond motifs is 2. The Kier molecular flexibility index (Phi) is 6.03. The number of carbonyl (C=O) groups is 2. The molecule has 9 nitrogen and oxygen atoms in total. The van der Waals surface area contributed by atoms with Gasteiger partial charge in [0.2, 0.25) is 5.43 Å². The van der Waals surface area contributed by atoms with Crippen LogP contribution in [0.2, 0.25) is 0 Å². The maximum atomic E-state index is 13.0. The molecule has 1 unspecified atom stereocenters. The van der Waals surface area contributed by atoms with E-state index in [9.17, 15) is 19.5 Å². The number of aromatic nitrogens is 1. The number of ether oxygens (including phenoxy) is 1. The Morgan fingerprint density at radius 3 is 2.75 bits per heavy atom. The number of benzene rings is 1. The number of nitrogens with zero attached hydrogens (tertiary/aromatic N) is 3. The lowest BCUT2D eigenvalue weighted by atomic mass is 10.0. The maximum absolute atomic E-state index is 13.0. The van der Waals surface area contributed by atoms with Crippen molar-refractivity contribution in [3.8, 4) is 5.75 Å². The average molecular weight is 441 g/mol. The number of carbonyl (C=O) groups excluding carboxylic acids is 2. The second kappa shape index (κ2) is 8.76. The van der Waals surface area contributed by atoms with Crippen molar-refractivity contribution in [2.45, 2.75) is 52.4 Å². The maximum Gasteiger partial charge on any atom is 0.276 e. The van der Waals surface area contributed by atoms with Crippen LogP contribution in [0.1, 0.15) is 57.8 Å². The van der Waals surface area contributed by atoms with Gasteiger partial charge in [-0.25, -0.2) is 5.84 Å². The summed E-state index contributed by atoms with van der Waals surface area (Å²) >= 11 is 0. The normalized spacial score (nSPS) is 17.7. The molecule has 1 aromatic carbocycles. The van der Waals surface area contributed by atoms with E-state index in [4.69, 9.17) is 10.6 Å². The zero-order valence-corrected chi connectivity index (χ0v) is 18.3. The summed E-state index contributed by atoms with van der Waals surface area (Å²) in [6, 6.07) is 6.03. The molecule has 9 heteroatoms. The fourth-order valence-corrected chi connectivity index (χ4v) is 4.34. The molecule has 0 aliphatic carbocycles. The summed E-state index contributed by atoms with van der Waals surface area (Å²) in [7, 11) is 0. The molecule has 0 radical (unpaired) electrons.